The van der Waals surface area contributed by atoms with Gasteiger partial charge < -0.3 is 25.0 Å². The Bertz CT molecular complexity index is 521. The Morgan fingerprint density at radius 1 is 1.16 bits per heavy atom. The van der Waals surface area contributed by atoms with Crippen LogP contribution in [0.15, 0.2) is 29.3 Å². The largest absolute Gasteiger partial charge is 0.497 e. The lowest BCUT2D eigenvalue weighted by atomic mass is 10.2. The maximum atomic E-state index is 11.7. The number of methoxy groups -OCH3 is 2. The number of nitrogens with zero attached hydrogens (tertiary/aromatic N) is 2. The van der Waals surface area contributed by atoms with Crippen molar-refractivity contribution in [1.29, 1.82) is 0 Å². The zero-order valence-corrected chi connectivity index (χ0v) is 17.7. The lowest BCUT2D eigenvalue weighted by Gasteiger charge is -2.15. The van der Waals surface area contributed by atoms with Crippen LogP contribution in [0.5, 0.6) is 5.75 Å². The van der Waals surface area contributed by atoms with Gasteiger partial charge in [-0.1, -0.05) is 12.1 Å². The number of hydrogen-bond acceptors (Lipinski definition) is 4. The number of likely N-dealkylation sites (N-methyl/N-ethyl adjacent to an activating group) is 1. The summed E-state index contributed by atoms with van der Waals surface area (Å²) in [4.78, 5) is 17.8. The summed E-state index contributed by atoms with van der Waals surface area (Å²) in [5.41, 5.74) is 1.06. The fraction of sp³-hybridized carbons (Fsp3) is 0.529. The van der Waals surface area contributed by atoms with E-state index in [0.717, 1.165) is 24.3 Å². The van der Waals surface area contributed by atoms with Crippen LogP contribution in [0.2, 0.25) is 0 Å². The molecule has 0 aliphatic rings. The molecule has 0 spiro atoms. The monoisotopic (exact) mass is 464 g/mol. The first-order valence-corrected chi connectivity index (χ1v) is 7.91. The molecule has 0 fully saturated rings. The topological polar surface area (TPSA) is 75.2 Å². The van der Waals surface area contributed by atoms with Crippen molar-refractivity contribution in [3.63, 3.8) is 0 Å². The molecule has 2 N–H and O–H groups in total. The van der Waals surface area contributed by atoms with Crippen LogP contribution in [0.1, 0.15) is 12.0 Å². The molecule has 1 rings (SSSR count). The van der Waals surface area contributed by atoms with Crippen LogP contribution in [0.4, 0.5) is 0 Å². The van der Waals surface area contributed by atoms with E-state index in [1.54, 1.807) is 33.2 Å². The normalized spacial score (nSPS) is 10.6. The molecule has 25 heavy (non-hydrogen) atoms. The molecular formula is C17H29IN4O3. The van der Waals surface area contributed by atoms with E-state index >= 15 is 0 Å². The molecule has 7 nitrogen and oxygen atoms in total. The smallest absolute Gasteiger partial charge is 0.241 e. The number of nitrogens with one attached hydrogen (secondary N) is 2. The first-order chi connectivity index (χ1) is 11.6. The zero-order valence-electron chi connectivity index (χ0n) is 15.4. The van der Waals surface area contributed by atoms with Crippen LogP contribution in [-0.2, 0) is 16.1 Å². The van der Waals surface area contributed by atoms with Crippen molar-refractivity contribution in [1.82, 2.24) is 15.5 Å². The summed E-state index contributed by atoms with van der Waals surface area (Å²) in [6.45, 7) is 2.11. The van der Waals surface area contributed by atoms with Crippen molar-refractivity contribution in [3.8, 4) is 5.75 Å². The van der Waals surface area contributed by atoms with Crippen molar-refractivity contribution in [2.75, 3.05) is 48.0 Å². The summed E-state index contributed by atoms with van der Waals surface area (Å²) in [6, 6.07) is 7.74. The van der Waals surface area contributed by atoms with Crippen LogP contribution < -0.4 is 15.4 Å². The third kappa shape index (κ3) is 10.1. The van der Waals surface area contributed by atoms with Gasteiger partial charge in [-0.15, -0.1) is 24.0 Å². The number of amides is 1. The molecule has 0 atom stereocenters. The fourth-order valence-electron chi connectivity index (χ4n) is 1.82. The van der Waals surface area contributed by atoms with Crippen molar-refractivity contribution in [3.05, 3.63) is 29.8 Å². The fourth-order valence-corrected chi connectivity index (χ4v) is 1.82. The van der Waals surface area contributed by atoms with E-state index in [2.05, 4.69) is 15.6 Å². The minimum atomic E-state index is -0.00848. The Labute approximate surface area is 167 Å². The molecule has 0 heterocycles. The molecular weight excluding hydrogens is 435 g/mol. The molecule has 1 aromatic carbocycles. The second kappa shape index (κ2) is 13.7. The van der Waals surface area contributed by atoms with Gasteiger partial charge in [-0.2, -0.15) is 0 Å². The lowest BCUT2D eigenvalue weighted by molar-refractivity contribution is -0.127. The van der Waals surface area contributed by atoms with Crippen LogP contribution in [-0.4, -0.2) is 64.8 Å². The third-order valence-corrected chi connectivity index (χ3v) is 3.30. The second-order valence-corrected chi connectivity index (χ2v) is 5.43. The van der Waals surface area contributed by atoms with Gasteiger partial charge in [-0.05, 0) is 24.1 Å². The van der Waals surface area contributed by atoms with Gasteiger partial charge in [-0.25, -0.2) is 4.99 Å². The zero-order chi connectivity index (χ0) is 17.8. The number of rotatable bonds is 9. The van der Waals surface area contributed by atoms with Crippen LogP contribution in [0, 0.1) is 0 Å². The summed E-state index contributed by atoms with van der Waals surface area (Å²) in [5.74, 6) is 1.42. The quantitative estimate of drug-likeness (QED) is 0.251. The summed E-state index contributed by atoms with van der Waals surface area (Å²) >= 11 is 0. The molecule has 0 saturated heterocycles. The van der Waals surface area contributed by atoms with E-state index in [4.69, 9.17) is 9.47 Å². The van der Waals surface area contributed by atoms with E-state index in [9.17, 15) is 4.79 Å². The number of guanidine groups is 1. The van der Waals surface area contributed by atoms with E-state index in [0.29, 0.717) is 19.1 Å². The molecule has 0 aromatic heterocycles. The summed E-state index contributed by atoms with van der Waals surface area (Å²) in [6.07, 6.45) is 0.862. The Morgan fingerprint density at radius 2 is 1.84 bits per heavy atom. The van der Waals surface area contributed by atoms with E-state index in [1.807, 2.05) is 24.3 Å². The van der Waals surface area contributed by atoms with Gasteiger partial charge in [0.15, 0.2) is 5.96 Å². The lowest BCUT2D eigenvalue weighted by Crippen LogP contribution is -2.43. The molecule has 0 bridgehead atoms. The molecule has 0 saturated carbocycles. The summed E-state index contributed by atoms with van der Waals surface area (Å²) < 4.78 is 10.2. The highest BCUT2D eigenvalue weighted by molar-refractivity contribution is 14.0. The maximum absolute atomic E-state index is 11.7. The van der Waals surface area contributed by atoms with E-state index < -0.39 is 0 Å². The van der Waals surface area contributed by atoms with Gasteiger partial charge in [0.2, 0.25) is 5.91 Å². The molecule has 142 valence electrons. The van der Waals surface area contributed by atoms with E-state index in [-0.39, 0.29) is 36.4 Å². The van der Waals surface area contributed by atoms with Gasteiger partial charge in [0.1, 0.15) is 5.75 Å². The first kappa shape index (κ1) is 23.4. The van der Waals surface area contributed by atoms with E-state index in [1.165, 1.54) is 0 Å². The van der Waals surface area contributed by atoms with Gasteiger partial charge in [0.05, 0.1) is 20.2 Å². The molecule has 0 aliphatic carbocycles. The first-order valence-electron chi connectivity index (χ1n) is 7.91. The number of benzene rings is 1. The molecule has 0 unspecified atom stereocenters. The minimum Gasteiger partial charge on any atom is -0.497 e. The molecule has 0 aliphatic heterocycles. The second-order valence-electron chi connectivity index (χ2n) is 5.43. The average molecular weight is 464 g/mol. The van der Waals surface area contributed by atoms with Gasteiger partial charge in [-0.3, -0.25) is 4.79 Å². The average Bonchev–Trinajstić information content (AvgIpc) is 2.60. The number of halogens is 1. The highest BCUT2D eigenvalue weighted by atomic mass is 127. The Balaban J connectivity index is 0.00000576. The Morgan fingerprint density at radius 3 is 2.40 bits per heavy atom. The van der Waals surface area contributed by atoms with Crippen LogP contribution in [0.25, 0.3) is 0 Å². The summed E-state index contributed by atoms with van der Waals surface area (Å²) in [7, 11) is 6.77. The Kier molecular flexibility index (Phi) is 12.9. The number of ether oxygens (including phenoxy) is 2. The number of hydrogen-bond donors (Lipinski definition) is 2. The third-order valence-electron chi connectivity index (χ3n) is 3.30. The van der Waals surface area contributed by atoms with Crippen LogP contribution in [0.3, 0.4) is 0 Å². The van der Waals surface area contributed by atoms with Crippen molar-refractivity contribution >= 4 is 35.8 Å². The number of aliphatic imine (C=N–C) groups is 1. The predicted molar refractivity (Wildman–Crippen MR) is 111 cm³/mol. The predicted octanol–water partition coefficient (Wildman–Crippen LogP) is 1.47. The maximum Gasteiger partial charge on any atom is 0.241 e. The van der Waals surface area contributed by atoms with Crippen molar-refractivity contribution < 1.29 is 14.3 Å². The molecule has 1 amide bonds. The molecule has 8 heteroatoms. The highest BCUT2D eigenvalue weighted by Gasteiger charge is 2.05. The molecule has 0 radical (unpaired) electrons. The Hall–Kier alpha value is -1.55. The minimum absolute atomic E-state index is 0. The van der Waals surface area contributed by atoms with Gasteiger partial charge in [0, 0.05) is 34.4 Å². The number of carbonyl (C=O) groups is 1. The van der Waals surface area contributed by atoms with Crippen LogP contribution >= 0.6 is 24.0 Å². The van der Waals surface area contributed by atoms with Crippen molar-refractivity contribution in [2.24, 2.45) is 4.99 Å². The van der Waals surface area contributed by atoms with Gasteiger partial charge in [0.25, 0.3) is 0 Å². The number of carbonyl (C=O) groups excluding carboxylic acids is 1. The van der Waals surface area contributed by atoms with Crippen molar-refractivity contribution in [2.45, 2.75) is 13.0 Å². The molecule has 1 aromatic rings. The standard InChI is InChI=1S/C17H28N4O3.HI/c1-21(2)16(22)13-20-17(18-10-5-11-23-3)19-12-14-6-8-15(24-4)9-7-14;/h6-9H,5,10-13H2,1-4H3,(H2,18,19,20);1H. The summed E-state index contributed by atoms with van der Waals surface area (Å²) in [5, 5.41) is 6.26. The SMILES string of the molecule is COCCCNC(=NCc1ccc(OC)cc1)NCC(=O)N(C)C.I. The van der Waals surface area contributed by atoms with Gasteiger partial charge >= 0.3 is 0 Å². The highest BCUT2D eigenvalue weighted by Crippen LogP contribution is 2.11.